The summed E-state index contributed by atoms with van der Waals surface area (Å²) in [6.45, 7) is 3.36. The summed E-state index contributed by atoms with van der Waals surface area (Å²) in [4.78, 5) is 2.42. The Bertz CT molecular complexity index is 171. The van der Waals surface area contributed by atoms with E-state index in [-0.39, 0.29) is 0 Å². The maximum Gasteiger partial charge on any atom is 0.0909 e. The van der Waals surface area contributed by atoms with E-state index in [1.165, 1.54) is 38.8 Å². The van der Waals surface area contributed by atoms with Gasteiger partial charge in [-0.25, -0.2) is 0 Å². The molecule has 1 rings (SSSR count). The third-order valence-electron chi connectivity index (χ3n) is 2.25. The average Bonchev–Trinajstić information content (AvgIpc) is 2.33. The topological polar surface area (TPSA) is 27.0 Å². The van der Waals surface area contributed by atoms with E-state index in [9.17, 15) is 0 Å². The first-order valence-electron chi connectivity index (χ1n) is 4.70. The summed E-state index contributed by atoms with van der Waals surface area (Å²) in [5, 5.41) is 8.30. The lowest BCUT2D eigenvalue weighted by Crippen LogP contribution is -2.24. The van der Waals surface area contributed by atoms with Gasteiger partial charge in [-0.15, -0.1) is 0 Å². The van der Waals surface area contributed by atoms with Gasteiger partial charge in [-0.1, -0.05) is 18.9 Å². The molecule has 0 unspecified atom stereocenters. The van der Waals surface area contributed by atoms with Crippen LogP contribution in [0.1, 0.15) is 25.7 Å². The maximum atomic E-state index is 8.30. The van der Waals surface area contributed by atoms with Gasteiger partial charge in [-0.05, 0) is 25.9 Å². The molecular formula is C10H16N2. The Hall–Kier alpha value is -0.810. The van der Waals surface area contributed by atoms with Gasteiger partial charge < -0.3 is 0 Å². The minimum atomic E-state index is 0.952. The van der Waals surface area contributed by atoms with E-state index in [0.29, 0.717) is 0 Å². The van der Waals surface area contributed by atoms with Crippen LogP contribution in [-0.2, 0) is 0 Å². The third-order valence-corrected chi connectivity index (χ3v) is 2.25. The van der Waals surface area contributed by atoms with Crippen LogP contribution in [0, 0.1) is 11.3 Å². The van der Waals surface area contributed by atoms with Crippen molar-refractivity contribution in [2.75, 3.05) is 19.6 Å². The molecule has 12 heavy (non-hydrogen) atoms. The Balaban J connectivity index is 2.21. The molecule has 0 saturated carbocycles. The van der Waals surface area contributed by atoms with Crippen LogP contribution in [0.5, 0.6) is 0 Å². The van der Waals surface area contributed by atoms with Gasteiger partial charge in [-0.2, -0.15) is 5.26 Å². The van der Waals surface area contributed by atoms with Crippen LogP contribution in [0.15, 0.2) is 12.2 Å². The molecule has 0 atom stereocenters. The van der Waals surface area contributed by atoms with E-state index in [1.54, 1.807) is 6.08 Å². The van der Waals surface area contributed by atoms with Crippen LogP contribution >= 0.6 is 0 Å². The highest BCUT2D eigenvalue weighted by Gasteiger charge is 2.05. The Kier molecular flexibility index (Phi) is 4.48. The second kappa shape index (κ2) is 5.79. The molecule has 2 heteroatoms. The average molecular weight is 164 g/mol. The molecule has 0 aromatic heterocycles. The third kappa shape index (κ3) is 3.54. The van der Waals surface area contributed by atoms with Crippen LogP contribution in [0.2, 0.25) is 0 Å². The number of rotatable bonds is 2. The van der Waals surface area contributed by atoms with Gasteiger partial charge in [0.15, 0.2) is 0 Å². The predicted molar refractivity (Wildman–Crippen MR) is 49.7 cm³/mol. The standard InChI is InChI=1S/C10H16N2/c11-7-3-6-10-12-8-4-1-2-5-9-12/h3,6H,1-2,4-5,8-10H2/b6-3+. The molecule has 0 bridgehead atoms. The van der Waals surface area contributed by atoms with Crippen molar-refractivity contribution in [3.63, 3.8) is 0 Å². The number of likely N-dealkylation sites (tertiary alicyclic amines) is 1. The summed E-state index contributed by atoms with van der Waals surface area (Å²) in [6, 6.07) is 2.02. The molecule has 0 N–H and O–H groups in total. The number of nitriles is 1. The van der Waals surface area contributed by atoms with Crippen molar-refractivity contribution in [1.29, 1.82) is 5.26 Å². The van der Waals surface area contributed by atoms with Crippen molar-refractivity contribution < 1.29 is 0 Å². The van der Waals surface area contributed by atoms with Gasteiger partial charge >= 0.3 is 0 Å². The van der Waals surface area contributed by atoms with Crippen molar-refractivity contribution in [2.24, 2.45) is 0 Å². The molecule has 1 fully saturated rings. The highest BCUT2D eigenvalue weighted by molar-refractivity contribution is 5.02. The van der Waals surface area contributed by atoms with Gasteiger partial charge in [-0.3, -0.25) is 4.90 Å². The second-order valence-corrected chi connectivity index (χ2v) is 3.25. The Labute approximate surface area is 74.5 Å². The summed E-state index contributed by atoms with van der Waals surface area (Å²) in [7, 11) is 0. The molecule has 2 nitrogen and oxygen atoms in total. The number of hydrogen-bond donors (Lipinski definition) is 0. The summed E-state index contributed by atoms with van der Waals surface area (Å²) in [6.07, 6.45) is 8.91. The fourth-order valence-corrected chi connectivity index (χ4v) is 1.57. The van der Waals surface area contributed by atoms with Crippen LogP contribution in [0.25, 0.3) is 0 Å². The fourth-order valence-electron chi connectivity index (χ4n) is 1.57. The van der Waals surface area contributed by atoms with Crippen LogP contribution in [-0.4, -0.2) is 24.5 Å². The van der Waals surface area contributed by atoms with Crippen LogP contribution in [0.3, 0.4) is 0 Å². The van der Waals surface area contributed by atoms with Gasteiger partial charge in [0.25, 0.3) is 0 Å². The highest BCUT2D eigenvalue weighted by atomic mass is 15.1. The van der Waals surface area contributed by atoms with E-state index in [0.717, 1.165) is 6.54 Å². The minimum Gasteiger partial charge on any atom is -0.300 e. The van der Waals surface area contributed by atoms with Crippen molar-refractivity contribution in [3.05, 3.63) is 12.2 Å². The summed E-state index contributed by atoms with van der Waals surface area (Å²) in [5.74, 6) is 0. The molecule has 66 valence electrons. The summed E-state index contributed by atoms with van der Waals surface area (Å²) in [5.41, 5.74) is 0. The van der Waals surface area contributed by atoms with Crippen molar-refractivity contribution in [2.45, 2.75) is 25.7 Å². The van der Waals surface area contributed by atoms with Crippen molar-refractivity contribution in [1.82, 2.24) is 4.90 Å². The molecule has 0 amide bonds. The van der Waals surface area contributed by atoms with E-state index >= 15 is 0 Å². The zero-order valence-corrected chi connectivity index (χ0v) is 7.50. The normalized spacial score (nSPS) is 20.6. The molecule has 0 radical (unpaired) electrons. The predicted octanol–water partition coefficient (Wildman–Crippen LogP) is 1.94. The lowest BCUT2D eigenvalue weighted by atomic mass is 10.2. The molecule has 1 heterocycles. The van der Waals surface area contributed by atoms with Gasteiger partial charge in [0.05, 0.1) is 6.07 Å². The first-order valence-corrected chi connectivity index (χ1v) is 4.70. The van der Waals surface area contributed by atoms with Gasteiger partial charge in [0.2, 0.25) is 0 Å². The largest absolute Gasteiger partial charge is 0.300 e. The monoisotopic (exact) mass is 164 g/mol. The minimum absolute atomic E-state index is 0.952. The highest BCUT2D eigenvalue weighted by Crippen LogP contribution is 2.08. The Morgan fingerprint density at radius 1 is 1.17 bits per heavy atom. The Morgan fingerprint density at radius 3 is 2.42 bits per heavy atom. The number of nitrogens with zero attached hydrogens (tertiary/aromatic N) is 2. The van der Waals surface area contributed by atoms with Crippen molar-refractivity contribution in [3.8, 4) is 6.07 Å². The second-order valence-electron chi connectivity index (χ2n) is 3.25. The fraction of sp³-hybridized carbons (Fsp3) is 0.700. The molecular weight excluding hydrogens is 148 g/mol. The lowest BCUT2D eigenvalue weighted by molar-refractivity contribution is 0.316. The molecule has 1 aliphatic heterocycles. The molecule has 0 aromatic carbocycles. The first kappa shape index (κ1) is 9.28. The molecule has 1 aliphatic rings. The van der Waals surface area contributed by atoms with E-state index in [4.69, 9.17) is 5.26 Å². The smallest absolute Gasteiger partial charge is 0.0909 e. The molecule has 0 aromatic rings. The zero-order valence-electron chi connectivity index (χ0n) is 7.50. The maximum absolute atomic E-state index is 8.30. The summed E-state index contributed by atoms with van der Waals surface area (Å²) < 4.78 is 0. The zero-order chi connectivity index (χ0) is 8.65. The number of hydrogen-bond acceptors (Lipinski definition) is 2. The van der Waals surface area contributed by atoms with Crippen LogP contribution in [0.4, 0.5) is 0 Å². The lowest BCUT2D eigenvalue weighted by Gasteiger charge is -2.16. The van der Waals surface area contributed by atoms with Gasteiger partial charge in [0, 0.05) is 12.6 Å². The quantitative estimate of drug-likeness (QED) is 0.583. The number of allylic oxidation sites excluding steroid dienone is 1. The van der Waals surface area contributed by atoms with E-state index in [1.807, 2.05) is 12.1 Å². The van der Waals surface area contributed by atoms with E-state index < -0.39 is 0 Å². The molecule has 0 aliphatic carbocycles. The molecule has 0 spiro atoms. The first-order chi connectivity index (χ1) is 5.93. The van der Waals surface area contributed by atoms with Gasteiger partial charge in [0.1, 0.15) is 0 Å². The SMILES string of the molecule is N#C/C=C/CN1CCCCCC1. The Morgan fingerprint density at radius 2 is 1.83 bits per heavy atom. The van der Waals surface area contributed by atoms with Crippen molar-refractivity contribution >= 4 is 0 Å². The summed E-state index contributed by atoms with van der Waals surface area (Å²) >= 11 is 0. The van der Waals surface area contributed by atoms with Crippen LogP contribution < -0.4 is 0 Å². The van der Waals surface area contributed by atoms with E-state index in [2.05, 4.69) is 4.90 Å². The molecule has 1 saturated heterocycles.